The van der Waals surface area contributed by atoms with Gasteiger partial charge < -0.3 is 4.74 Å². The van der Waals surface area contributed by atoms with Crippen LogP contribution in [0.2, 0.25) is 0 Å². The monoisotopic (exact) mass is 210 g/mol. The zero-order valence-corrected chi connectivity index (χ0v) is 9.05. The Bertz CT molecular complexity index is 347. The standard InChI is InChI=1S/C12H15FO2/c1-3-15-12(14)7-5-10-8-11(13)6-4-9(10)2/h4,6,8H,3,5,7H2,1-2H3. The molecule has 0 bridgehead atoms. The fourth-order valence-electron chi connectivity index (χ4n) is 1.38. The number of benzene rings is 1. The Hall–Kier alpha value is -1.38. The number of esters is 1. The second-order valence-electron chi connectivity index (χ2n) is 3.38. The van der Waals surface area contributed by atoms with E-state index in [4.69, 9.17) is 4.74 Å². The highest BCUT2D eigenvalue weighted by Crippen LogP contribution is 2.12. The molecule has 3 heteroatoms. The molecular weight excluding hydrogens is 195 g/mol. The zero-order chi connectivity index (χ0) is 11.3. The summed E-state index contributed by atoms with van der Waals surface area (Å²) < 4.78 is 17.7. The molecule has 0 aliphatic carbocycles. The van der Waals surface area contributed by atoms with Gasteiger partial charge in [0.1, 0.15) is 5.82 Å². The third-order valence-electron chi connectivity index (χ3n) is 2.21. The van der Waals surface area contributed by atoms with E-state index in [9.17, 15) is 9.18 Å². The number of ether oxygens (including phenoxy) is 1. The van der Waals surface area contributed by atoms with Crippen molar-refractivity contribution in [1.29, 1.82) is 0 Å². The molecule has 0 fully saturated rings. The van der Waals surface area contributed by atoms with Gasteiger partial charge in [-0.05, 0) is 43.5 Å². The van der Waals surface area contributed by atoms with Crippen molar-refractivity contribution >= 4 is 5.97 Å². The summed E-state index contributed by atoms with van der Waals surface area (Å²) >= 11 is 0. The number of hydrogen-bond acceptors (Lipinski definition) is 2. The van der Waals surface area contributed by atoms with Gasteiger partial charge in [-0.1, -0.05) is 6.07 Å². The zero-order valence-electron chi connectivity index (χ0n) is 9.05. The molecular formula is C12H15FO2. The summed E-state index contributed by atoms with van der Waals surface area (Å²) in [5.41, 5.74) is 1.86. The fraction of sp³-hybridized carbons (Fsp3) is 0.417. The second kappa shape index (κ2) is 5.49. The lowest BCUT2D eigenvalue weighted by Crippen LogP contribution is -2.05. The minimum Gasteiger partial charge on any atom is -0.466 e. The summed E-state index contributed by atoms with van der Waals surface area (Å²) in [6.45, 7) is 4.06. The van der Waals surface area contributed by atoms with Crippen molar-refractivity contribution in [3.8, 4) is 0 Å². The van der Waals surface area contributed by atoms with Gasteiger partial charge >= 0.3 is 5.97 Å². The summed E-state index contributed by atoms with van der Waals surface area (Å²) in [5.74, 6) is -0.499. The summed E-state index contributed by atoms with van der Waals surface area (Å²) in [6, 6.07) is 4.60. The van der Waals surface area contributed by atoms with Crippen molar-refractivity contribution in [2.45, 2.75) is 26.7 Å². The maximum Gasteiger partial charge on any atom is 0.306 e. The number of carbonyl (C=O) groups is 1. The van der Waals surface area contributed by atoms with E-state index < -0.39 is 0 Å². The Morgan fingerprint density at radius 1 is 1.47 bits per heavy atom. The van der Waals surface area contributed by atoms with E-state index in [0.29, 0.717) is 19.4 Å². The van der Waals surface area contributed by atoms with Crippen LogP contribution in [0.25, 0.3) is 0 Å². The molecule has 82 valence electrons. The van der Waals surface area contributed by atoms with Gasteiger partial charge in [-0.15, -0.1) is 0 Å². The van der Waals surface area contributed by atoms with Crippen LogP contribution in [-0.2, 0) is 16.0 Å². The maximum absolute atomic E-state index is 12.9. The van der Waals surface area contributed by atoms with Crippen LogP contribution in [-0.4, -0.2) is 12.6 Å². The Morgan fingerprint density at radius 2 is 2.20 bits per heavy atom. The molecule has 0 amide bonds. The van der Waals surface area contributed by atoms with Gasteiger partial charge in [0.05, 0.1) is 6.61 Å². The average molecular weight is 210 g/mol. The third kappa shape index (κ3) is 3.70. The topological polar surface area (TPSA) is 26.3 Å². The Kier molecular flexibility index (Phi) is 4.28. The Labute approximate surface area is 89.1 Å². The molecule has 0 aliphatic rings. The third-order valence-corrected chi connectivity index (χ3v) is 2.21. The lowest BCUT2D eigenvalue weighted by Gasteiger charge is -2.05. The van der Waals surface area contributed by atoms with Crippen molar-refractivity contribution in [3.63, 3.8) is 0 Å². The first-order valence-corrected chi connectivity index (χ1v) is 5.04. The van der Waals surface area contributed by atoms with Crippen molar-refractivity contribution in [2.75, 3.05) is 6.61 Å². The van der Waals surface area contributed by atoms with Crippen molar-refractivity contribution in [1.82, 2.24) is 0 Å². The Morgan fingerprint density at radius 3 is 2.87 bits per heavy atom. The van der Waals surface area contributed by atoms with Gasteiger partial charge in [0.15, 0.2) is 0 Å². The lowest BCUT2D eigenvalue weighted by molar-refractivity contribution is -0.143. The highest BCUT2D eigenvalue weighted by atomic mass is 19.1. The normalized spacial score (nSPS) is 10.1. The molecule has 0 aromatic heterocycles. The van der Waals surface area contributed by atoms with E-state index in [0.717, 1.165) is 11.1 Å². The number of aryl methyl sites for hydroxylation is 2. The lowest BCUT2D eigenvalue weighted by atomic mass is 10.0. The number of hydrogen-bond donors (Lipinski definition) is 0. The van der Waals surface area contributed by atoms with Crippen LogP contribution >= 0.6 is 0 Å². The molecule has 2 nitrogen and oxygen atoms in total. The fourth-order valence-corrected chi connectivity index (χ4v) is 1.38. The number of rotatable bonds is 4. The maximum atomic E-state index is 12.9. The van der Waals surface area contributed by atoms with Crippen LogP contribution in [0, 0.1) is 12.7 Å². The van der Waals surface area contributed by atoms with Crippen LogP contribution in [0.4, 0.5) is 4.39 Å². The predicted molar refractivity (Wildman–Crippen MR) is 56.1 cm³/mol. The number of carbonyl (C=O) groups excluding carboxylic acids is 1. The molecule has 15 heavy (non-hydrogen) atoms. The molecule has 0 aliphatic heterocycles. The summed E-state index contributed by atoms with van der Waals surface area (Å²) in [5, 5.41) is 0. The summed E-state index contributed by atoms with van der Waals surface area (Å²) in [7, 11) is 0. The molecule has 0 radical (unpaired) electrons. The molecule has 0 N–H and O–H groups in total. The Balaban J connectivity index is 2.57. The molecule has 1 aromatic rings. The van der Waals surface area contributed by atoms with Crippen LogP contribution in [0.3, 0.4) is 0 Å². The SMILES string of the molecule is CCOC(=O)CCc1cc(F)ccc1C. The van der Waals surface area contributed by atoms with E-state index in [1.807, 2.05) is 6.92 Å². The molecule has 1 rings (SSSR count). The van der Waals surface area contributed by atoms with Crippen molar-refractivity contribution in [2.24, 2.45) is 0 Å². The molecule has 0 saturated heterocycles. The molecule has 1 aromatic carbocycles. The van der Waals surface area contributed by atoms with E-state index in [-0.39, 0.29) is 11.8 Å². The highest BCUT2D eigenvalue weighted by Gasteiger charge is 2.05. The minimum absolute atomic E-state index is 0.235. The average Bonchev–Trinajstić information content (AvgIpc) is 2.20. The van der Waals surface area contributed by atoms with Crippen LogP contribution in [0.5, 0.6) is 0 Å². The first-order chi connectivity index (χ1) is 7.13. The molecule has 0 heterocycles. The summed E-state index contributed by atoms with van der Waals surface area (Å²) in [4.78, 5) is 11.1. The van der Waals surface area contributed by atoms with E-state index in [2.05, 4.69) is 0 Å². The molecule has 0 atom stereocenters. The largest absolute Gasteiger partial charge is 0.466 e. The summed E-state index contributed by atoms with van der Waals surface area (Å²) in [6.07, 6.45) is 0.834. The number of halogens is 1. The predicted octanol–water partition coefficient (Wildman–Crippen LogP) is 2.63. The van der Waals surface area contributed by atoms with Crippen molar-refractivity contribution < 1.29 is 13.9 Å². The van der Waals surface area contributed by atoms with Gasteiger partial charge in [0.25, 0.3) is 0 Å². The van der Waals surface area contributed by atoms with E-state index in [1.54, 1.807) is 13.0 Å². The first-order valence-electron chi connectivity index (χ1n) is 5.04. The van der Waals surface area contributed by atoms with Gasteiger partial charge in [-0.25, -0.2) is 4.39 Å². The van der Waals surface area contributed by atoms with E-state index in [1.165, 1.54) is 12.1 Å². The van der Waals surface area contributed by atoms with Crippen LogP contribution in [0.15, 0.2) is 18.2 Å². The molecule has 0 spiro atoms. The van der Waals surface area contributed by atoms with Gasteiger partial charge in [0, 0.05) is 6.42 Å². The van der Waals surface area contributed by atoms with Gasteiger partial charge in [-0.3, -0.25) is 4.79 Å². The smallest absolute Gasteiger partial charge is 0.306 e. The van der Waals surface area contributed by atoms with Crippen LogP contribution < -0.4 is 0 Å². The van der Waals surface area contributed by atoms with Gasteiger partial charge in [0.2, 0.25) is 0 Å². The van der Waals surface area contributed by atoms with Crippen molar-refractivity contribution in [3.05, 3.63) is 35.1 Å². The highest BCUT2D eigenvalue weighted by molar-refractivity contribution is 5.69. The second-order valence-corrected chi connectivity index (χ2v) is 3.38. The van der Waals surface area contributed by atoms with Gasteiger partial charge in [-0.2, -0.15) is 0 Å². The minimum atomic E-state index is -0.264. The van der Waals surface area contributed by atoms with Crippen LogP contribution in [0.1, 0.15) is 24.5 Å². The molecule has 0 saturated carbocycles. The molecule has 0 unspecified atom stereocenters. The van der Waals surface area contributed by atoms with E-state index >= 15 is 0 Å². The quantitative estimate of drug-likeness (QED) is 0.714. The first kappa shape index (κ1) is 11.7.